The molecule has 1 aromatic carbocycles. The van der Waals surface area contributed by atoms with Gasteiger partial charge in [0.2, 0.25) is 11.8 Å². The molecule has 0 heterocycles. The lowest BCUT2D eigenvalue weighted by atomic mass is 10.2. The van der Waals surface area contributed by atoms with Crippen LogP contribution in [0.3, 0.4) is 0 Å². The van der Waals surface area contributed by atoms with Crippen molar-refractivity contribution in [3.05, 3.63) is 33.8 Å². The third kappa shape index (κ3) is 6.33. The number of carbonyl (C=O) groups excluding carboxylic acids is 2. The number of likely N-dealkylation sites (N-methyl/N-ethyl adjacent to an activating group) is 2. The van der Waals surface area contributed by atoms with E-state index in [0.29, 0.717) is 16.6 Å². The van der Waals surface area contributed by atoms with Crippen LogP contribution in [0.2, 0.25) is 10.0 Å². The number of amides is 2. The summed E-state index contributed by atoms with van der Waals surface area (Å²) in [6, 6.07) is 5.12. The Morgan fingerprint density at radius 1 is 1.14 bits per heavy atom. The standard InChI is InChI=1S/C14H19Cl2N3O2/c1-18(2)14(21)9-19(3)8-13(20)17-7-10-4-5-11(15)6-12(10)16/h4-6H,7-9H2,1-3H3,(H,17,20). The Labute approximate surface area is 134 Å². The molecule has 0 aliphatic rings. The number of rotatable bonds is 6. The Morgan fingerprint density at radius 2 is 1.81 bits per heavy atom. The maximum Gasteiger partial charge on any atom is 0.236 e. The van der Waals surface area contributed by atoms with Crippen molar-refractivity contribution in [1.29, 1.82) is 0 Å². The molecule has 1 aromatic rings. The molecule has 0 aliphatic carbocycles. The van der Waals surface area contributed by atoms with Gasteiger partial charge in [-0.05, 0) is 24.7 Å². The number of nitrogens with one attached hydrogen (secondary N) is 1. The maximum absolute atomic E-state index is 11.8. The van der Waals surface area contributed by atoms with Gasteiger partial charge in [0.1, 0.15) is 0 Å². The number of nitrogens with zero attached hydrogens (tertiary/aromatic N) is 2. The van der Waals surface area contributed by atoms with Gasteiger partial charge in [-0.15, -0.1) is 0 Å². The zero-order valence-electron chi connectivity index (χ0n) is 12.3. The third-order valence-corrected chi connectivity index (χ3v) is 3.40. The maximum atomic E-state index is 11.8. The summed E-state index contributed by atoms with van der Waals surface area (Å²) in [6.45, 7) is 0.664. The van der Waals surface area contributed by atoms with E-state index in [1.54, 1.807) is 44.2 Å². The molecule has 0 bridgehead atoms. The Morgan fingerprint density at radius 3 is 2.38 bits per heavy atom. The highest BCUT2D eigenvalue weighted by Gasteiger charge is 2.12. The van der Waals surface area contributed by atoms with Crippen molar-refractivity contribution < 1.29 is 9.59 Å². The molecule has 0 unspecified atom stereocenters. The van der Waals surface area contributed by atoms with Gasteiger partial charge in [0.25, 0.3) is 0 Å². The van der Waals surface area contributed by atoms with Gasteiger partial charge in [0.05, 0.1) is 13.1 Å². The quantitative estimate of drug-likeness (QED) is 0.861. The summed E-state index contributed by atoms with van der Waals surface area (Å²) in [5.41, 5.74) is 0.793. The number of hydrogen-bond acceptors (Lipinski definition) is 3. The van der Waals surface area contributed by atoms with Gasteiger partial charge in [0.15, 0.2) is 0 Å². The van der Waals surface area contributed by atoms with Gasteiger partial charge in [0, 0.05) is 30.7 Å². The predicted octanol–water partition coefficient (Wildman–Crippen LogP) is 1.63. The lowest BCUT2D eigenvalue weighted by Crippen LogP contribution is -2.40. The number of hydrogen-bond donors (Lipinski definition) is 1. The van der Waals surface area contributed by atoms with E-state index >= 15 is 0 Å². The molecule has 2 amide bonds. The van der Waals surface area contributed by atoms with E-state index in [-0.39, 0.29) is 24.9 Å². The monoisotopic (exact) mass is 331 g/mol. The van der Waals surface area contributed by atoms with E-state index in [1.165, 1.54) is 4.90 Å². The third-order valence-electron chi connectivity index (χ3n) is 2.81. The average molecular weight is 332 g/mol. The smallest absolute Gasteiger partial charge is 0.236 e. The first-order valence-electron chi connectivity index (χ1n) is 6.39. The second-order valence-corrected chi connectivity index (χ2v) is 5.82. The van der Waals surface area contributed by atoms with Gasteiger partial charge in [-0.1, -0.05) is 29.3 Å². The van der Waals surface area contributed by atoms with Crippen LogP contribution < -0.4 is 5.32 Å². The summed E-state index contributed by atoms with van der Waals surface area (Å²) in [6.07, 6.45) is 0. The minimum atomic E-state index is -0.171. The Balaban J connectivity index is 2.42. The van der Waals surface area contributed by atoms with Crippen molar-refractivity contribution in [2.24, 2.45) is 0 Å². The van der Waals surface area contributed by atoms with Crippen molar-refractivity contribution in [3.63, 3.8) is 0 Å². The molecule has 5 nitrogen and oxygen atoms in total. The molecular weight excluding hydrogens is 313 g/mol. The molecule has 7 heteroatoms. The molecule has 0 aromatic heterocycles. The van der Waals surface area contributed by atoms with Crippen LogP contribution in [0, 0.1) is 0 Å². The molecule has 0 spiro atoms. The van der Waals surface area contributed by atoms with Crippen LogP contribution in [-0.2, 0) is 16.1 Å². The highest BCUT2D eigenvalue weighted by Crippen LogP contribution is 2.20. The van der Waals surface area contributed by atoms with Crippen molar-refractivity contribution in [1.82, 2.24) is 15.1 Å². The first kappa shape index (κ1) is 17.8. The first-order valence-corrected chi connectivity index (χ1v) is 7.14. The van der Waals surface area contributed by atoms with Gasteiger partial charge >= 0.3 is 0 Å². The largest absolute Gasteiger partial charge is 0.351 e. The number of halogens is 2. The molecule has 0 fully saturated rings. The van der Waals surface area contributed by atoms with Crippen molar-refractivity contribution in [3.8, 4) is 0 Å². The Bertz CT molecular complexity index is 521. The lowest BCUT2D eigenvalue weighted by molar-refractivity contribution is -0.130. The van der Waals surface area contributed by atoms with E-state index < -0.39 is 0 Å². The Hall–Kier alpha value is -1.30. The van der Waals surface area contributed by atoms with Gasteiger partial charge < -0.3 is 10.2 Å². The average Bonchev–Trinajstić information content (AvgIpc) is 2.37. The van der Waals surface area contributed by atoms with Gasteiger partial charge in [-0.3, -0.25) is 14.5 Å². The molecule has 0 saturated heterocycles. The number of carbonyl (C=O) groups is 2. The molecule has 0 saturated carbocycles. The first-order chi connectivity index (χ1) is 9.79. The van der Waals surface area contributed by atoms with Gasteiger partial charge in [-0.25, -0.2) is 0 Å². The Kier molecular flexibility index (Phi) is 6.95. The summed E-state index contributed by atoms with van der Waals surface area (Å²) >= 11 is 11.8. The summed E-state index contributed by atoms with van der Waals surface area (Å²) in [5.74, 6) is -0.221. The molecular formula is C14H19Cl2N3O2. The fourth-order valence-corrected chi connectivity index (χ4v) is 2.06. The SMILES string of the molecule is CN(CC(=O)NCc1ccc(Cl)cc1Cl)CC(=O)N(C)C. The summed E-state index contributed by atoms with van der Waals surface area (Å²) < 4.78 is 0. The molecule has 0 radical (unpaired) electrons. The molecule has 116 valence electrons. The van der Waals surface area contributed by atoms with Crippen molar-refractivity contribution in [2.75, 3.05) is 34.2 Å². The molecule has 0 atom stereocenters. The van der Waals surface area contributed by atoms with Crippen LogP contribution in [0.1, 0.15) is 5.56 Å². The highest BCUT2D eigenvalue weighted by molar-refractivity contribution is 6.35. The van der Waals surface area contributed by atoms with Crippen LogP contribution in [-0.4, -0.2) is 55.8 Å². The zero-order chi connectivity index (χ0) is 16.0. The molecule has 0 aliphatic heterocycles. The van der Waals surface area contributed by atoms with Gasteiger partial charge in [-0.2, -0.15) is 0 Å². The lowest BCUT2D eigenvalue weighted by Gasteiger charge is -2.18. The van der Waals surface area contributed by atoms with Crippen LogP contribution in [0.25, 0.3) is 0 Å². The van der Waals surface area contributed by atoms with E-state index in [4.69, 9.17) is 23.2 Å². The second-order valence-electron chi connectivity index (χ2n) is 4.97. The van der Waals surface area contributed by atoms with E-state index in [2.05, 4.69) is 5.32 Å². The molecule has 1 rings (SSSR count). The van der Waals surface area contributed by atoms with Crippen LogP contribution in [0.15, 0.2) is 18.2 Å². The normalized spacial score (nSPS) is 10.6. The van der Waals surface area contributed by atoms with E-state index in [1.807, 2.05) is 0 Å². The van der Waals surface area contributed by atoms with Crippen molar-refractivity contribution in [2.45, 2.75) is 6.54 Å². The van der Waals surface area contributed by atoms with Crippen LogP contribution in [0.5, 0.6) is 0 Å². The van der Waals surface area contributed by atoms with Crippen LogP contribution in [0.4, 0.5) is 0 Å². The number of benzene rings is 1. The molecule has 21 heavy (non-hydrogen) atoms. The second kappa shape index (κ2) is 8.22. The topological polar surface area (TPSA) is 52.7 Å². The fraction of sp³-hybridized carbons (Fsp3) is 0.429. The minimum absolute atomic E-state index is 0.0500. The predicted molar refractivity (Wildman–Crippen MR) is 84.5 cm³/mol. The fourth-order valence-electron chi connectivity index (χ4n) is 1.59. The minimum Gasteiger partial charge on any atom is -0.351 e. The summed E-state index contributed by atoms with van der Waals surface area (Å²) in [7, 11) is 5.08. The summed E-state index contributed by atoms with van der Waals surface area (Å²) in [4.78, 5) is 26.5. The van der Waals surface area contributed by atoms with Crippen LogP contribution >= 0.6 is 23.2 Å². The highest BCUT2D eigenvalue weighted by atomic mass is 35.5. The zero-order valence-corrected chi connectivity index (χ0v) is 13.8. The van der Waals surface area contributed by atoms with Crippen molar-refractivity contribution >= 4 is 35.0 Å². The molecule has 1 N–H and O–H groups in total. The van der Waals surface area contributed by atoms with E-state index in [0.717, 1.165) is 5.56 Å². The van der Waals surface area contributed by atoms with E-state index in [9.17, 15) is 9.59 Å². The summed E-state index contributed by atoms with van der Waals surface area (Å²) in [5, 5.41) is 3.83.